The van der Waals surface area contributed by atoms with Crippen LogP contribution in [0.1, 0.15) is 44.3 Å². The summed E-state index contributed by atoms with van der Waals surface area (Å²) in [7, 11) is 1.71. The van der Waals surface area contributed by atoms with E-state index >= 15 is 0 Å². The maximum atomic E-state index is 13.3. The Kier molecular flexibility index (Phi) is 9.48. The fraction of sp³-hybridized carbons (Fsp3) is 0.182. The summed E-state index contributed by atoms with van der Waals surface area (Å²) in [4.78, 5) is 37.9. The monoisotopic (exact) mass is 589 g/mol. The van der Waals surface area contributed by atoms with Gasteiger partial charge in [-0.2, -0.15) is 0 Å². The Bertz CT molecular complexity index is 1650. The van der Waals surface area contributed by atoms with Crippen molar-refractivity contribution in [2.75, 3.05) is 7.05 Å². The average molecular weight is 591 g/mol. The zero-order valence-electron chi connectivity index (χ0n) is 22.6. The molecule has 210 valence electrons. The van der Waals surface area contributed by atoms with Gasteiger partial charge in [0.2, 0.25) is 5.91 Å². The third-order valence-electron chi connectivity index (χ3n) is 7.29. The molecule has 0 aromatic heterocycles. The SMILES string of the molecule is CC(C(/C=C/c1ccc2ccccc2c1)Cc1ccc(Cl)c(Cl)c1)N(C)C(=O)Cc1ccc(C(=O)O)c(C(=O)O)c1. The number of carboxylic acids is 2. The van der Waals surface area contributed by atoms with Crippen LogP contribution in [-0.2, 0) is 17.6 Å². The molecule has 4 aromatic carbocycles. The van der Waals surface area contributed by atoms with Crippen molar-refractivity contribution in [3.8, 4) is 0 Å². The number of hydrogen-bond donors (Lipinski definition) is 2. The molecule has 8 heteroatoms. The van der Waals surface area contributed by atoms with Crippen molar-refractivity contribution in [3.05, 3.63) is 123 Å². The molecule has 4 rings (SSSR count). The Hall–Kier alpha value is -4.13. The maximum Gasteiger partial charge on any atom is 0.336 e. The van der Waals surface area contributed by atoms with Crippen LogP contribution < -0.4 is 0 Å². The number of nitrogens with zero attached hydrogens (tertiary/aromatic N) is 1. The highest BCUT2D eigenvalue weighted by Crippen LogP contribution is 2.27. The number of carbonyl (C=O) groups excluding carboxylic acids is 1. The van der Waals surface area contributed by atoms with Crippen LogP contribution in [0.4, 0.5) is 0 Å². The lowest BCUT2D eigenvalue weighted by molar-refractivity contribution is -0.131. The molecule has 0 bridgehead atoms. The molecule has 0 saturated carbocycles. The quantitative estimate of drug-likeness (QED) is 0.199. The van der Waals surface area contributed by atoms with E-state index in [0.29, 0.717) is 22.0 Å². The fourth-order valence-corrected chi connectivity index (χ4v) is 5.08. The van der Waals surface area contributed by atoms with Crippen molar-refractivity contribution in [3.63, 3.8) is 0 Å². The lowest BCUT2D eigenvalue weighted by atomic mass is 9.90. The fourth-order valence-electron chi connectivity index (χ4n) is 4.76. The summed E-state index contributed by atoms with van der Waals surface area (Å²) in [5, 5.41) is 21.9. The molecule has 1 amide bonds. The highest BCUT2D eigenvalue weighted by molar-refractivity contribution is 6.42. The summed E-state index contributed by atoms with van der Waals surface area (Å²) in [6, 6.07) is 23.6. The highest BCUT2D eigenvalue weighted by atomic mass is 35.5. The number of benzene rings is 4. The first-order valence-electron chi connectivity index (χ1n) is 13.0. The molecule has 0 radical (unpaired) electrons. The lowest BCUT2D eigenvalue weighted by Gasteiger charge is -2.31. The molecule has 0 aliphatic rings. The molecule has 0 heterocycles. The van der Waals surface area contributed by atoms with Crippen molar-refractivity contribution in [2.45, 2.75) is 25.8 Å². The number of hydrogen-bond acceptors (Lipinski definition) is 3. The number of aromatic carboxylic acids is 2. The molecular weight excluding hydrogens is 561 g/mol. The normalized spacial score (nSPS) is 12.8. The second-order valence-electron chi connectivity index (χ2n) is 9.99. The first-order valence-corrected chi connectivity index (χ1v) is 13.7. The molecule has 0 saturated heterocycles. The zero-order valence-corrected chi connectivity index (χ0v) is 24.1. The van der Waals surface area contributed by atoms with Gasteiger partial charge in [-0.25, -0.2) is 9.59 Å². The standard InChI is InChI=1S/C33H29Cl2NO5/c1-20(36(2)31(37)19-23-9-13-27(32(38)39)28(17-23)33(40)41)25(16-22-10-14-29(34)30(35)18-22)12-8-21-7-11-24-5-3-4-6-26(24)15-21/h3-15,17-18,20,25H,16,19H2,1-2H3,(H,38,39)(H,40,41)/b12-8+. The third-order valence-corrected chi connectivity index (χ3v) is 8.03. The predicted octanol–water partition coefficient (Wildman–Crippen LogP) is 7.50. The van der Waals surface area contributed by atoms with Gasteiger partial charge in [-0.15, -0.1) is 0 Å². The number of likely N-dealkylation sites (N-methyl/N-ethyl adjacent to an activating group) is 1. The van der Waals surface area contributed by atoms with E-state index in [2.05, 4.69) is 36.4 Å². The molecule has 6 nitrogen and oxygen atoms in total. The number of carbonyl (C=O) groups is 3. The number of halogens is 2. The van der Waals surface area contributed by atoms with Crippen LogP contribution in [0.25, 0.3) is 16.8 Å². The number of amides is 1. The minimum atomic E-state index is -1.36. The predicted molar refractivity (Wildman–Crippen MR) is 163 cm³/mol. The van der Waals surface area contributed by atoms with Crippen molar-refractivity contribution in [1.29, 1.82) is 0 Å². The second kappa shape index (κ2) is 13.0. The number of fused-ring (bicyclic) bond motifs is 1. The topological polar surface area (TPSA) is 94.9 Å². The minimum Gasteiger partial charge on any atom is -0.478 e. The van der Waals surface area contributed by atoms with Crippen LogP contribution in [0, 0.1) is 5.92 Å². The van der Waals surface area contributed by atoms with Crippen LogP contribution in [-0.4, -0.2) is 46.0 Å². The number of rotatable bonds is 10. The van der Waals surface area contributed by atoms with Crippen molar-refractivity contribution in [1.82, 2.24) is 4.90 Å². The van der Waals surface area contributed by atoms with Gasteiger partial charge >= 0.3 is 11.9 Å². The van der Waals surface area contributed by atoms with E-state index in [4.69, 9.17) is 23.2 Å². The van der Waals surface area contributed by atoms with Crippen LogP contribution in [0.15, 0.2) is 84.9 Å². The van der Waals surface area contributed by atoms with E-state index in [0.717, 1.165) is 21.9 Å². The molecule has 0 aliphatic carbocycles. The van der Waals surface area contributed by atoms with Gasteiger partial charge in [-0.05, 0) is 71.1 Å². The zero-order chi connectivity index (χ0) is 29.7. The molecule has 0 aliphatic heterocycles. The first-order chi connectivity index (χ1) is 19.5. The molecule has 0 spiro atoms. The third kappa shape index (κ3) is 7.34. The Morgan fingerprint density at radius 2 is 1.49 bits per heavy atom. The van der Waals surface area contributed by atoms with Gasteiger partial charge in [0.1, 0.15) is 0 Å². The first kappa shape index (κ1) is 29.8. The van der Waals surface area contributed by atoms with Gasteiger partial charge in [0.05, 0.1) is 27.6 Å². The van der Waals surface area contributed by atoms with Crippen LogP contribution in [0.5, 0.6) is 0 Å². The second-order valence-corrected chi connectivity index (χ2v) is 10.8. The Morgan fingerprint density at radius 3 is 2.17 bits per heavy atom. The van der Waals surface area contributed by atoms with Crippen LogP contribution in [0.2, 0.25) is 10.0 Å². The average Bonchev–Trinajstić information content (AvgIpc) is 2.95. The smallest absolute Gasteiger partial charge is 0.336 e. The van der Waals surface area contributed by atoms with Gasteiger partial charge < -0.3 is 15.1 Å². The molecular formula is C33H29Cl2NO5. The van der Waals surface area contributed by atoms with E-state index in [9.17, 15) is 24.6 Å². The Labute approximate surface area is 248 Å². The summed E-state index contributed by atoms with van der Waals surface area (Å²) < 4.78 is 0. The summed E-state index contributed by atoms with van der Waals surface area (Å²) in [5.74, 6) is -3.03. The van der Waals surface area contributed by atoms with E-state index in [-0.39, 0.29) is 35.4 Å². The van der Waals surface area contributed by atoms with E-state index in [1.54, 1.807) is 18.0 Å². The van der Waals surface area contributed by atoms with Gasteiger partial charge in [0.25, 0.3) is 0 Å². The van der Waals surface area contributed by atoms with Gasteiger partial charge in [-0.1, -0.05) is 83.9 Å². The lowest BCUT2D eigenvalue weighted by Crippen LogP contribution is -2.41. The van der Waals surface area contributed by atoms with Crippen LogP contribution >= 0.6 is 23.2 Å². The number of carboxylic acid groups (broad SMARTS) is 2. The van der Waals surface area contributed by atoms with Gasteiger partial charge in [-0.3, -0.25) is 4.79 Å². The van der Waals surface area contributed by atoms with Crippen molar-refractivity contribution in [2.24, 2.45) is 5.92 Å². The largest absolute Gasteiger partial charge is 0.478 e. The summed E-state index contributed by atoms with van der Waals surface area (Å²) in [5.41, 5.74) is 1.74. The molecule has 2 atom stereocenters. The molecule has 2 N–H and O–H groups in total. The Balaban J connectivity index is 1.59. The highest BCUT2D eigenvalue weighted by Gasteiger charge is 2.25. The molecule has 0 fully saturated rings. The minimum absolute atomic E-state index is 0.0745. The van der Waals surface area contributed by atoms with Gasteiger partial charge in [0, 0.05) is 19.0 Å². The van der Waals surface area contributed by atoms with E-state index in [1.165, 1.54) is 18.2 Å². The van der Waals surface area contributed by atoms with Gasteiger partial charge in [0.15, 0.2) is 0 Å². The van der Waals surface area contributed by atoms with Crippen molar-refractivity contribution < 1.29 is 24.6 Å². The summed E-state index contributed by atoms with van der Waals surface area (Å²) >= 11 is 12.4. The Morgan fingerprint density at radius 1 is 0.805 bits per heavy atom. The van der Waals surface area contributed by atoms with Crippen LogP contribution in [0.3, 0.4) is 0 Å². The maximum absolute atomic E-state index is 13.3. The molecule has 2 unspecified atom stereocenters. The van der Waals surface area contributed by atoms with E-state index in [1.807, 2.05) is 37.3 Å². The van der Waals surface area contributed by atoms with E-state index < -0.39 is 11.9 Å². The molecule has 41 heavy (non-hydrogen) atoms. The summed E-state index contributed by atoms with van der Waals surface area (Å²) in [6.07, 6.45) is 4.66. The summed E-state index contributed by atoms with van der Waals surface area (Å²) in [6.45, 7) is 1.96. The van der Waals surface area contributed by atoms with Crippen molar-refractivity contribution >= 4 is 57.9 Å². The molecule has 4 aromatic rings.